The molecule has 11 heteroatoms. The first kappa shape index (κ1) is 22.2. The molecule has 2 heterocycles. The highest BCUT2D eigenvalue weighted by Crippen LogP contribution is 2.48. The first-order valence-corrected chi connectivity index (χ1v) is 10.7. The molecule has 2 aliphatic rings. The van der Waals surface area contributed by atoms with Gasteiger partial charge < -0.3 is 0 Å². The van der Waals surface area contributed by atoms with Crippen LogP contribution in [0.2, 0.25) is 0 Å². The molecule has 5 rings (SSSR count). The Labute approximate surface area is 198 Å². The molecule has 0 bridgehead atoms. The fraction of sp³-hybridized carbons (Fsp3) is 0.167. The number of hydrogen-bond acceptors (Lipinski definition) is 8. The van der Waals surface area contributed by atoms with Crippen LogP contribution in [0.5, 0.6) is 0 Å². The number of amides is 2. The van der Waals surface area contributed by atoms with Crippen LogP contribution < -0.4 is 9.96 Å². The van der Waals surface area contributed by atoms with E-state index in [2.05, 4.69) is 0 Å². The maximum Gasteiger partial charge on any atom is 0.271 e. The van der Waals surface area contributed by atoms with Gasteiger partial charge in [0.1, 0.15) is 5.92 Å². The summed E-state index contributed by atoms with van der Waals surface area (Å²) >= 11 is 0. The minimum atomic E-state index is -1.16. The summed E-state index contributed by atoms with van der Waals surface area (Å²) in [4.78, 5) is 55.0. The van der Waals surface area contributed by atoms with Gasteiger partial charge in [-0.2, -0.15) is 0 Å². The molecule has 0 saturated carbocycles. The van der Waals surface area contributed by atoms with Crippen molar-refractivity contribution in [2.75, 3.05) is 9.96 Å². The average Bonchev–Trinajstić information content (AvgIpc) is 3.35. The SMILES string of the molecule is Cc1ccc(C2C3C(=O)N(c4ccc([N+](=O)[O-])cc4)C(=O)C3ON2c2cccc([N+](=O)[O-])c2)cc1. The molecule has 3 atom stereocenters. The highest BCUT2D eigenvalue weighted by atomic mass is 16.7. The number of hydrogen-bond donors (Lipinski definition) is 0. The Morgan fingerprint density at radius 1 is 0.800 bits per heavy atom. The van der Waals surface area contributed by atoms with E-state index in [1.807, 2.05) is 31.2 Å². The maximum absolute atomic E-state index is 13.6. The minimum Gasteiger partial charge on any atom is -0.273 e. The first-order valence-electron chi connectivity index (χ1n) is 10.7. The number of rotatable bonds is 5. The van der Waals surface area contributed by atoms with Gasteiger partial charge in [0.25, 0.3) is 17.3 Å². The zero-order chi connectivity index (χ0) is 24.9. The number of aryl methyl sites for hydroxylation is 1. The van der Waals surface area contributed by atoms with Gasteiger partial charge in [0.05, 0.1) is 27.3 Å². The number of carbonyl (C=O) groups is 2. The summed E-state index contributed by atoms with van der Waals surface area (Å²) in [5.74, 6) is -2.06. The lowest BCUT2D eigenvalue weighted by Gasteiger charge is -2.28. The summed E-state index contributed by atoms with van der Waals surface area (Å²) in [5, 5.41) is 23.7. The van der Waals surface area contributed by atoms with Gasteiger partial charge in [-0.05, 0) is 30.7 Å². The Morgan fingerprint density at radius 3 is 2.09 bits per heavy atom. The molecule has 2 saturated heterocycles. The summed E-state index contributed by atoms with van der Waals surface area (Å²) in [6, 6.07) is 17.5. The van der Waals surface area contributed by atoms with Crippen LogP contribution in [0.4, 0.5) is 22.7 Å². The van der Waals surface area contributed by atoms with Gasteiger partial charge in [-0.3, -0.25) is 34.7 Å². The number of benzene rings is 3. The third-order valence-corrected chi connectivity index (χ3v) is 6.15. The molecule has 2 fully saturated rings. The predicted molar refractivity (Wildman–Crippen MR) is 123 cm³/mol. The molecule has 3 unspecified atom stereocenters. The highest BCUT2D eigenvalue weighted by Gasteiger charge is 2.60. The Bertz CT molecular complexity index is 1360. The van der Waals surface area contributed by atoms with Crippen molar-refractivity contribution < 1.29 is 24.3 Å². The number of anilines is 2. The van der Waals surface area contributed by atoms with Gasteiger partial charge in [0, 0.05) is 24.3 Å². The van der Waals surface area contributed by atoms with Crippen molar-refractivity contribution in [2.24, 2.45) is 5.92 Å². The van der Waals surface area contributed by atoms with Crippen LogP contribution in [-0.2, 0) is 14.4 Å². The number of nitrogens with zero attached hydrogens (tertiary/aromatic N) is 4. The summed E-state index contributed by atoms with van der Waals surface area (Å²) in [6.07, 6.45) is -1.16. The van der Waals surface area contributed by atoms with E-state index < -0.39 is 39.7 Å². The average molecular weight is 474 g/mol. The van der Waals surface area contributed by atoms with E-state index in [1.165, 1.54) is 47.5 Å². The molecule has 0 radical (unpaired) electrons. The topological polar surface area (TPSA) is 136 Å². The largest absolute Gasteiger partial charge is 0.273 e. The van der Waals surface area contributed by atoms with Gasteiger partial charge in [0.2, 0.25) is 5.91 Å². The van der Waals surface area contributed by atoms with E-state index in [0.29, 0.717) is 11.3 Å². The van der Waals surface area contributed by atoms with E-state index in [0.717, 1.165) is 10.5 Å². The molecule has 0 spiro atoms. The Balaban J connectivity index is 1.56. The lowest BCUT2D eigenvalue weighted by atomic mass is 9.90. The molecule has 35 heavy (non-hydrogen) atoms. The third kappa shape index (κ3) is 3.67. The predicted octanol–water partition coefficient (Wildman–Crippen LogP) is 3.86. The maximum atomic E-state index is 13.6. The lowest BCUT2D eigenvalue weighted by Crippen LogP contribution is -2.37. The van der Waals surface area contributed by atoms with Crippen molar-refractivity contribution in [3.63, 3.8) is 0 Å². The number of nitro benzene ring substituents is 2. The van der Waals surface area contributed by atoms with Gasteiger partial charge in [-0.15, -0.1) is 0 Å². The van der Waals surface area contributed by atoms with Crippen molar-refractivity contribution in [1.29, 1.82) is 0 Å². The summed E-state index contributed by atoms with van der Waals surface area (Å²) in [5.41, 5.74) is 1.90. The van der Waals surface area contributed by atoms with Gasteiger partial charge in [0.15, 0.2) is 6.10 Å². The molecule has 3 aromatic rings. The smallest absolute Gasteiger partial charge is 0.271 e. The van der Waals surface area contributed by atoms with Gasteiger partial charge >= 0.3 is 0 Å². The van der Waals surface area contributed by atoms with E-state index >= 15 is 0 Å². The van der Waals surface area contributed by atoms with Crippen molar-refractivity contribution in [2.45, 2.75) is 19.1 Å². The Kier molecular flexibility index (Phi) is 5.25. The highest BCUT2D eigenvalue weighted by molar-refractivity contribution is 6.24. The molecule has 0 aliphatic carbocycles. The van der Waals surface area contributed by atoms with E-state index in [4.69, 9.17) is 4.84 Å². The van der Waals surface area contributed by atoms with E-state index in [9.17, 15) is 29.8 Å². The zero-order valence-corrected chi connectivity index (χ0v) is 18.3. The second kappa shape index (κ2) is 8.29. The molecule has 176 valence electrons. The van der Waals surface area contributed by atoms with Crippen LogP contribution >= 0.6 is 0 Å². The molecule has 11 nitrogen and oxygen atoms in total. The van der Waals surface area contributed by atoms with Crippen LogP contribution in [0.1, 0.15) is 17.2 Å². The van der Waals surface area contributed by atoms with Crippen molar-refractivity contribution in [3.8, 4) is 0 Å². The van der Waals surface area contributed by atoms with E-state index in [1.54, 1.807) is 6.07 Å². The summed E-state index contributed by atoms with van der Waals surface area (Å²) in [7, 11) is 0. The van der Waals surface area contributed by atoms with Crippen molar-refractivity contribution in [3.05, 3.63) is 104 Å². The quantitative estimate of drug-likeness (QED) is 0.309. The molecular weight excluding hydrogens is 456 g/mol. The van der Waals surface area contributed by atoms with E-state index in [-0.39, 0.29) is 17.1 Å². The van der Waals surface area contributed by atoms with Gasteiger partial charge in [-0.1, -0.05) is 35.9 Å². The Hall–Kier alpha value is -4.64. The monoisotopic (exact) mass is 474 g/mol. The molecular formula is C24H18N4O7. The Morgan fingerprint density at radius 2 is 1.46 bits per heavy atom. The van der Waals surface area contributed by atoms with Crippen molar-refractivity contribution in [1.82, 2.24) is 0 Å². The number of imide groups is 1. The number of hydroxylamine groups is 1. The summed E-state index contributed by atoms with van der Waals surface area (Å²) < 4.78 is 0. The lowest BCUT2D eigenvalue weighted by molar-refractivity contribution is -0.385. The second-order valence-corrected chi connectivity index (χ2v) is 8.30. The third-order valence-electron chi connectivity index (χ3n) is 6.15. The number of fused-ring (bicyclic) bond motifs is 1. The fourth-order valence-corrected chi connectivity index (χ4v) is 4.46. The fourth-order valence-electron chi connectivity index (χ4n) is 4.46. The molecule has 2 aliphatic heterocycles. The first-order chi connectivity index (χ1) is 16.8. The second-order valence-electron chi connectivity index (χ2n) is 8.30. The molecule has 2 amide bonds. The number of nitro groups is 2. The minimum absolute atomic E-state index is 0.157. The van der Waals surface area contributed by atoms with Crippen molar-refractivity contribution >= 4 is 34.6 Å². The normalized spacial score (nSPS) is 21.3. The van der Waals surface area contributed by atoms with Gasteiger partial charge in [-0.25, -0.2) is 9.96 Å². The molecule has 0 N–H and O–H groups in total. The molecule has 3 aromatic carbocycles. The van der Waals surface area contributed by atoms with Crippen LogP contribution in [-0.4, -0.2) is 27.8 Å². The number of carbonyl (C=O) groups excluding carboxylic acids is 2. The van der Waals surface area contributed by atoms with Crippen LogP contribution in [0, 0.1) is 33.1 Å². The van der Waals surface area contributed by atoms with Crippen LogP contribution in [0.15, 0.2) is 72.8 Å². The standard InChI is InChI=1S/C24H18N4O7/c1-14-5-7-15(8-6-14)21-20-22(35-26(21)18-3-2-4-19(13-18)28(33)34)24(30)25(23(20)29)16-9-11-17(12-10-16)27(31)32/h2-13,20-22H,1H3. The molecule has 0 aromatic heterocycles. The summed E-state index contributed by atoms with van der Waals surface area (Å²) in [6.45, 7) is 1.91. The van der Waals surface area contributed by atoms with Crippen LogP contribution in [0.25, 0.3) is 0 Å². The zero-order valence-electron chi connectivity index (χ0n) is 18.3. The number of non-ortho nitro benzene ring substituents is 2. The van der Waals surface area contributed by atoms with Crippen LogP contribution in [0.3, 0.4) is 0 Å².